The second kappa shape index (κ2) is 11.8. The maximum Gasteiger partial charge on any atom is 0.225 e. The summed E-state index contributed by atoms with van der Waals surface area (Å²) >= 11 is 1.29. The van der Waals surface area contributed by atoms with Crippen LogP contribution in [-0.4, -0.2) is 67.8 Å². The maximum atomic E-state index is 13.5. The molecular weight excluding hydrogens is 589 g/mol. The van der Waals surface area contributed by atoms with Crippen molar-refractivity contribution in [3.8, 4) is 28.5 Å². The molecule has 2 fully saturated rings. The molecule has 5 heterocycles. The third-order valence-corrected chi connectivity index (χ3v) is 9.89. The van der Waals surface area contributed by atoms with Crippen LogP contribution in [0.2, 0.25) is 0 Å². The lowest BCUT2D eigenvalue weighted by Gasteiger charge is -2.34. The minimum atomic E-state index is -0.335. The van der Waals surface area contributed by atoms with Crippen LogP contribution in [0.4, 0.5) is 21.3 Å². The van der Waals surface area contributed by atoms with E-state index in [0.717, 1.165) is 73.0 Å². The van der Waals surface area contributed by atoms with Gasteiger partial charge in [-0.1, -0.05) is 18.3 Å². The largest absolute Gasteiger partial charge is 0.394 e. The number of rotatable bonds is 9. The number of benzene rings is 1. The first-order chi connectivity index (χ1) is 21.9. The van der Waals surface area contributed by atoms with E-state index in [1.807, 2.05) is 47.1 Å². The number of hydrogen-bond acceptors (Lipinski definition) is 10. The fraction of sp³-hybridized carbons (Fsp3) is 0.364. The van der Waals surface area contributed by atoms with E-state index in [-0.39, 0.29) is 18.0 Å². The molecule has 1 saturated carbocycles. The van der Waals surface area contributed by atoms with Crippen LogP contribution >= 0.6 is 11.3 Å². The van der Waals surface area contributed by atoms with Crippen LogP contribution in [0.5, 0.6) is 0 Å². The monoisotopic (exact) mass is 623 g/mol. The zero-order chi connectivity index (χ0) is 31.1. The normalized spacial score (nSPS) is 16.2. The second-order valence-electron chi connectivity index (χ2n) is 11.8. The number of fused-ring (bicyclic) bond motifs is 1. The van der Waals surface area contributed by atoms with E-state index in [0.29, 0.717) is 33.7 Å². The number of aliphatic hydroxyl groups is 1. The van der Waals surface area contributed by atoms with Crippen LogP contribution < -0.4 is 15.1 Å². The maximum absolute atomic E-state index is 13.5. The molecule has 7 rings (SSSR count). The summed E-state index contributed by atoms with van der Waals surface area (Å²) in [6, 6.07) is 12.7. The molecule has 2 aliphatic rings. The molecule has 0 radical (unpaired) electrons. The van der Waals surface area contributed by atoms with Crippen molar-refractivity contribution in [3.63, 3.8) is 0 Å². The van der Waals surface area contributed by atoms with Gasteiger partial charge in [-0.25, -0.2) is 24.3 Å². The SMILES string of the molecule is CCc1nc2ccc(-c3cnc(N4CCC(NC5(CO)CC5)CC4)nc3)cn2c1N(C)c1nc(-c2ccc(F)cc2)c(C#N)s1. The molecule has 1 saturated heterocycles. The molecule has 0 atom stereocenters. The topological polar surface area (TPSA) is 118 Å². The smallest absolute Gasteiger partial charge is 0.225 e. The zero-order valence-corrected chi connectivity index (χ0v) is 26.1. The molecule has 4 aromatic heterocycles. The van der Waals surface area contributed by atoms with Gasteiger partial charge in [-0.2, -0.15) is 5.26 Å². The Kier molecular flexibility index (Phi) is 7.69. The van der Waals surface area contributed by atoms with Crippen molar-refractivity contribution in [2.24, 2.45) is 0 Å². The summed E-state index contributed by atoms with van der Waals surface area (Å²) < 4.78 is 15.6. The lowest BCUT2D eigenvalue weighted by molar-refractivity contribution is 0.210. The number of halogens is 1. The number of hydrogen-bond donors (Lipinski definition) is 2. The molecule has 230 valence electrons. The van der Waals surface area contributed by atoms with E-state index >= 15 is 0 Å². The van der Waals surface area contributed by atoms with Gasteiger partial charge in [-0.15, -0.1) is 0 Å². The standard InChI is InChI=1S/C33H34FN9OS/c1-3-26-30(41(2)32-39-29(27(16-35)45-32)21-4-7-24(34)8-5-21)43-19-22(6-9-28(43)38-26)23-17-36-31(37-18-23)42-14-10-25(11-15-42)40-33(20-44)12-13-33/h4-9,17-19,25,40,44H,3,10-15,20H2,1-2H3. The summed E-state index contributed by atoms with van der Waals surface area (Å²) in [6.07, 6.45) is 10.6. The Balaban J connectivity index is 1.13. The van der Waals surface area contributed by atoms with Gasteiger partial charge in [0.05, 0.1) is 12.3 Å². The van der Waals surface area contributed by atoms with Gasteiger partial charge in [0, 0.05) is 67.0 Å². The Morgan fingerprint density at radius 3 is 2.42 bits per heavy atom. The number of piperidine rings is 1. The summed E-state index contributed by atoms with van der Waals surface area (Å²) in [5.41, 5.74) is 4.74. The van der Waals surface area contributed by atoms with E-state index in [4.69, 9.17) is 19.9 Å². The minimum absolute atomic E-state index is 0.0410. The predicted octanol–water partition coefficient (Wildman–Crippen LogP) is 5.34. The van der Waals surface area contributed by atoms with Crippen molar-refractivity contribution in [2.45, 2.75) is 50.6 Å². The Morgan fingerprint density at radius 1 is 1.07 bits per heavy atom. The average Bonchev–Trinajstić information content (AvgIpc) is 3.55. The van der Waals surface area contributed by atoms with Crippen LogP contribution in [-0.2, 0) is 6.42 Å². The van der Waals surface area contributed by atoms with Gasteiger partial charge in [0.25, 0.3) is 0 Å². The van der Waals surface area contributed by atoms with E-state index in [1.54, 1.807) is 12.1 Å². The number of anilines is 3. The minimum Gasteiger partial charge on any atom is -0.394 e. The lowest BCUT2D eigenvalue weighted by atomic mass is 10.0. The van der Waals surface area contributed by atoms with Crippen molar-refractivity contribution in [3.05, 3.63) is 71.4 Å². The molecule has 12 heteroatoms. The molecule has 1 aliphatic heterocycles. The second-order valence-corrected chi connectivity index (χ2v) is 12.8. The number of nitriles is 1. The summed E-state index contributed by atoms with van der Waals surface area (Å²) in [5, 5.41) is 23.8. The zero-order valence-electron chi connectivity index (χ0n) is 25.2. The molecule has 2 N–H and O–H groups in total. The van der Waals surface area contributed by atoms with Crippen molar-refractivity contribution < 1.29 is 9.50 Å². The molecular formula is C33H34FN9OS. The van der Waals surface area contributed by atoms with Crippen LogP contribution in [0.3, 0.4) is 0 Å². The highest BCUT2D eigenvalue weighted by molar-refractivity contribution is 7.16. The summed E-state index contributed by atoms with van der Waals surface area (Å²) in [4.78, 5) is 23.8. The first kappa shape index (κ1) is 29.3. The van der Waals surface area contributed by atoms with Gasteiger partial charge in [-0.05, 0) is 68.5 Å². The van der Waals surface area contributed by atoms with Crippen LogP contribution in [0.1, 0.15) is 43.2 Å². The molecule has 0 amide bonds. The first-order valence-corrected chi connectivity index (χ1v) is 16.1. The number of thiazole rings is 1. The van der Waals surface area contributed by atoms with E-state index in [2.05, 4.69) is 23.2 Å². The van der Waals surface area contributed by atoms with Crippen molar-refractivity contribution in [1.82, 2.24) is 29.7 Å². The third kappa shape index (κ3) is 5.63. The fourth-order valence-electron chi connectivity index (χ4n) is 6.06. The van der Waals surface area contributed by atoms with Gasteiger partial charge in [-0.3, -0.25) is 4.40 Å². The predicted molar refractivity (Wildman–Crippen MR) is 173 cm³/mol. The van der Waals surface area contributed by atoms with Crippen LogP contribution in [0.15, 0.2) is 55.0 Å². The number of imidazole rings is 1. The Bertz CT molecular complexity index is 1870. The van der Waals surface area contributed by atoms with Crippen molar-refractivity contribution in [1.29, 1.82) is 5.26 Å². The Hall–Kier alpha value is -4.44. The highest BCUT2D eigenvalue weighted by atomic mass is 32.1. The highest BCUT2D eigenvalue weighted by Gasteiger charge is 2.43. The van der Waals surface area contributed by atoms with Crippen LogP contribution in [0, 0.1) is 17.1 Å². The van der Waals surface area contributed by atoms with E-state index < -0.39 is 0 Å². The molecule has 0 unspecified atom stereocenters. The fourth-order valence-corrected chi connectivity index (χ4v) is 6.90. The third-order valence-electron chi connectivity index (χ3n) is 8.85. The van der Waals surface area contributed by atoms with Crippen molar-refractivity contribution in [2.75, 3.05) is 36.5 Å². The molecule has 1 aliphatic carbocycles. The van der Waals surface area contributed by atoms with Gasteiger partial charge in [0.15, 0.2) is 5.13 Å². The molecule has 1 aromatic carbocycles. The Labute approximate surface area is 264 Å². The summed E-state index contributed by atoms with van der Waals surface area (Å²) in [5.74, 6) is 1.26. The quantitative estimate of drug-likeness (QED) is 0.224. The summed E-state index contributed by atoms with van der Waals surface area (Å²) in [7, 11) is 1.93. The summed E-state index contributed by atoms with van der Waals surface area (Å²) in [6.45, 7) is 4.03. The Morgan fingerprint density at radius 2 is 1.78 bits per heavy atom. The van der Waals surface area contributed by atoms with Crippen molar-refractivity contribution >= 4 is 33.9 Å². The van der Waals surface area contributed by atoms with E-state index in [1.165, 1.54) is 23.5 Å². The number of pyridine rings is 1. The molecule has 0 bridgehead atoms. The molecule has 0 spiro atoms. The number of nitrogens with one attached hydrogen (secondary N) is 1. The van der Waals surface area contributed by atoms with Crippen LogP contribution in [0.25, 0.3) is 28.0 Å². The average molecular weight is 624 g/mol. The number of aliphatic hydroxyl groups excluding tert-OH is 1. The van der Waals surface area contributed by atoms with Gasteiger partial charge >= 0.3 is 0 Å². The van der Waals surface area contributed by atoms with Gasteiger partial charge in [0.1, 0.15) is 33.9 Å². The first-order valence-electron chi connectivity index (χ1n) is 15.3. The van der Waals surface area contributed by atoms with Gasteiger partial charge in [0.2, 0.25) is 5.95 Å². The number of nitrogens with zero attached hydrogens (tertiary/aromatic N) is 8. The number of aromatic nitrogens is 5. The highest BCUT2D eigenvalue weighted by Crippen LogP contribution is 2.38. The number of aryl methyl sites for hydroxylation is 1. The molecule has 45 heavy (non-hydrogen) atoms. The lowest BCUT2D eigenvalue weighted by Crippen LogP contribution is -2.49. The molecule has 10 nitrogen and oxygen atoms in total. The van der Waals surface area contributed by atoms with Gasteiger partial charge < -0.3 is 20.2 Å². The molecule has 5 aromatic rings. The van der Waals surface area contributed by atoms with E-state index in [9.17, 15) is 14.8 Å².